The van der Waals surface area contributed by atoms with E-state index in [1.165, 1.54) is 0 Å². The first-order valence-electron chi connectivity index (χ1n) is 7.21. The van der Waals surface area contributed by atoms with Gasteiger partial charge < -0.3 is 4.90 Å². The first-order valence-corrected chi connectivity index (χ1v) is 8.29. The highest BCUT2D eigenvalue weighted by Crippen LogP contribution is 2.19. The molecule has 2 rings (SSSR count). The standard InChI is InChI=1S/C19H17IN2O/c1-3-11-22(13-16-9-7-15(12-21)8-10-16)19(23)17-6-4-5-14(2)18(17)20/h3-10H,1,11,13H2,2H3. The third-order valence-electron chi connectivity index (χ3n) is 3.52. The molecule has 23 heavy (non-hydrogen) atoms. The fraction of sp³-hybridized carbons (Fsp3) is 0.158. The Morgan fingerprint density at radius 3 is 2.61 bits per heavy atom. The van der Waals surface area contributed by atoms with Crippen molar-refractivity contribution >= 4 is 28.5 Å². The molecule has 0 bridgehead atoms. The van der Waals surface area contributed by atoms with Gasteiger partial charge in [0.15, 0.2) is 0 Å². The van der Waals surface area contributed by atoms with Gasteiger partial charge >= 0.3 is 0 Å². The molecule has 0 spiro atoms. The van der Waals surface area contributed by atoms with Crippen LogP contribution in [0.25, 0.3) is 0 Å². The smallest absolute Gasteiger partial charge is 0.255 e. The van der Waals surface area contributed by atoms with Gasteiger partial charge in [0.05, 0.1) is 17.2 Å². The number of hydrogen-bond donors (Lipinski definition) is 0. The van der Waals surface area contributed by atoms with Gasteiger partial charge in [0, 0.05) is 16.7 Å². The zero-order valence-corrected chi connectivity index (χ0v) is 15.1. The van der Waals surface area contributed by atoms with Crippen molar-refractivity contribution in [1.29, 1.82) is 5.26 Å². The van der Waals surface area contributed by atoms with Gasteiger partial charge in [-0.25, -0.2) is 0 Å². The topological polar surface area (TPSA) is 44.1 Å². The summed E-state index contributed by atoms with van der Waals surface area (Å²) in [6.07, 6.45) is 1.73. The second-order valence-electron chi connectivity index (χ2n) is 5.22. The number of nitriles is 1. The summed E-state index contributed by atoms with van der Waals surface area (Å²) in [7, 11) is 0. The quantitative estimate of drug-likeness (QED) is 0.539. The Bertz CT molecular complexity index is 760. The van der Waals surface area contributed by atoms with Gasteiger partial charge in [-0.05, 0) is 58.8 Å². The van der Waals surface area contributed by atoms with Crippen LogP contribution in [0, 0.1) is 21.8 Å². The molecular formula is C19H17IN2O. The fourth-order valence-electron chi connectivity index (χ4n) is 2.26. The van der Waals surface area contributed by atoms with Crippen LogP contribution in [0.4, 0.5) is 0 Å². The maximum atomic E-state index is 12.9. The second-order valence-corrected chi connectivity index (χ2v) is 6.30. The lowest BCUT2D eigenvalue weighted by Gasteiger charge is -2.22. The van der Waals surface area contributed by atoms with E-state index in [2.05, 4.69) is 35.2 Å². The van der Waals surface area contributed by atoms with E-state index in [0.717, 1.165) is 14.7 Å². The molecule has 4 heteroatoms. The summed E-state index contributed by atoms with van der Waals surface area (Å²) < 4.78 is 0.976. The first kappa shape index (κ1) is 17.2. The number of hydrogen-bond acceptors (Lipinski definition) is 2. The normalized spacial score (nSPS) is 9.96. The zero-order valence-electron chi connectivity index (χ0n) is 12.9. The molecule has 0 saturated heterocycles. The van der Waals surface area contributed by atoms with Crippen molar-refractivity contribution in [3.8, 4) is 6.07 Å². The first-order chi connectivity index (χ1) is 11.1. The molecular weight excluding hydrogens is 399 g/mol. The van der Waals surface area contributed by atoms with Gasteiger partial charge in [0.25, 0.3) is 5.91 Å². The van der Waals surface area contributed by atoms with E-state index in [9.17, 15) is 4.79 Å². The molecule has 0 aliphatic rings. The van der Waals surface area contributed by atoms with Crippen LogP contribution in [0.5, 0.6) is 0 Å². The monoisotopic (exact) mass is 416 g/mol. The summed E-state index contributed by atoms with van der Waals surface area (Å²) in [4.78, 5) is 14.6. The molecule has 0 unspecified atom stereocenters. The number of carbonyl (C=O) groups is 1. The molecule has 0 saturated carbocycles. The van der Waals surface area contributed by atoms with Crippen LogP contribution in [0.2, 0.25) is 0 Å². The summed E-state index contributed by atoms with van der Waals surface area (Å²) >= 11 is 2.21. The molecule has 0 radical (unpaired) electrons. The molecule has 0 aliphatic carbocycles. The Labute approximate surface area is 150 Å². The second kappa shape index (κ2) is 7.93. The molecule has 1 amide bonds. The van der Waals surface area contributed by atoms with Gasteiger partial charge in [-0.2, -0.15) is 5.26 Å². The van der Waals surface area contributed by atoms with Gasteiger partial charge in [0.1, 0.15) is 0 Å². The minimum absolute atomic E-state index is 0.0117. The van der Waals surface area contributed by atoms with Crippen molar-refractivity contribution in [3.05, 3.63) is 80.9 Å². The number of nitrogens with zero attached hydrogens (tertiary/aromatic N) is 2. The molecule has 2 aromatic carbocycles. The highest BCUT2D eigenvalue weighted by atomic mass is 127. The number of benzene rings is 2. The summed E-state index contributed by atoms with van der Waals surface area (Å²) in [6, 6.07) is 15.1. The van der Waals surface area contributed by atoms with Crippen molar-refractivity contribution in [1.82, 2.24) is 4.90 Å². The zero-order chi connectivity index (χ0) is 16.8. The van der Waals surface area contributed by atoms with Crippen LogP contribution < -0.4 is 0 Å². The average Bonchev–Trinajstić information content (AvgIpc) is 2.57. The SMILES string of the molecule is C=CCN(Cc1ccc(C#N)cc1)C(=O)c1cccc(C)c1I. The Balaban J connectivity index is 2.26. The van der Waals surface area contributed by atoms with E-state index in [-0.39, 0.29) is 5.91 Å². The largest absolute Gasteiger partial charge is 0.331 e. The number of rotatable bonds is 5. The van der Waals surface area contributed by atoms with Crippen molar-refractivity contribution in [3.63, 3.8) is 0 Å². The molecule has 0 fully saturated rings. The predicted octanol–water partition coefficient (Wildman–Crippen LogP) is 4.30. The van der Waals surface area contributed by atoms with E-state index < -0.39 is 0 Å². The summed E-state index contributed by atoms with van der Waals surface area (Å²) in [5.41, 5.74) is 3.40. The van der Waals surface area contributed by atoms with E-state index in [4.69, 9.17) is 5.26 Å². The van der Waals surface area contributed by atoms with Crippen molar-refractivity contribution in [2.75, 3.05) is 6.54 Å². The number of amides is 1. The van der Waals surface area contributed by atoms with Gasteiger partial charge in [-0.15, -0.1) is 6.58 Å². The lowest BCUT2D eigenvalue weighted by atomic mass is 10.1. The third kappa shape index (κ3) is 4.20. The van der Waals surface area contributed by atoms with Crippen LogP contribution in [0.15, 0.2) is 55.1 Å². The van der Waals surface area contributed by atoms with Gasteiger partial charge in [0.2, 0.25) is 0 Å². The van der Waals surface area contributed by atoms with E-state index >= 15 is 0 Å². The Hall–Kier alpha value is -2.13. The lowest BCUT2D eigenvalue weighted by Crippen LogP contribution is -2.31. The van der Waals surface area contributed by atoms with Crippen molar-refractivity contribution < 1.29 is 4.79 Å². The van der Waals surface area contributed by atoms with E-state index in [0.29, 0.717) is 24.2 Å². The van der Waals surface area contributed by atoms with E-state index in [1.54, 1.807) is 23.1 Å². The minimum atomic E-state index is -0.0117. The van der Waals surface area contributed by atoms with Crippen LogP contribution in [0.3, 0.4) is 0 Å². The molecule has 0 aromatic heterocycles. The number of halogens is 1. The van der Waals surface area contributed by atoms with Crippen LogP contribution in [0.1, 0.15) is 27.0 Å². The van der Waals surface area contributed by atoms with Crippen LogP contribution in [-0.4, -0.2) is 17.4 Å². The maximum absolute atomic E-state index is 12.9. The molecule has 2 aromatic rings. The maximum Gasteiger partial charge on any atom is 0.255 e. The Morgan fingerprint density at radius 1 is 1.30 bits per heavy atom. The highest BCUT2D eigenvalue weighted by Gasteiger charge is 2.18. The number of carbonyl (C=O) groups excluding carboxylic acids is 1. The summed E-state index contributed by atoms with van der Waals surface area (Å²) in [5.74, 6) is -0.0117. The van der Waals surface area contributed by atoms with Gasteiger partial charge in [-0.1, -0.05) is 30.3 Å². The van der Waals surface area contributed by atoms with E-state index in [1.807, 2.05) is 37.3 Å². The van der Waals surface area contributed by atoms with Crippen LogP contribution in [-0.2, 0) is 6.54 Å². The van der Waals surface area contributed by atoms with Crippen LogP contribution >= 0.6 is 22.6 Å². The molecule has 3 nitrogen and oxygen atoms in total. The molecule has 0 N–H and O–H groups in total. The third-order valence-corrected chi connectivity index (χ3v) is 4.95. The molecule has 0 heterocycles. The summed E-state index contributed by atoms with van der Waals surface area (Å²) in [6.45, 7) is 6.71. The Morgan fingerprint density at radius 2 is 2.00 bits per heavy atom. The van der Waals surface area contributed by atoms with Crippen molar-refractivity contribution in [2.24, 2.45) is 0 Å². The van der Waals surface area contributed by atoms with Crippen molar-refractivity contribution in [2.45, 2.75) is 13.5 Å². The fourth-order valence-corrected chi connectivity index (χ4v) is 2.85. The summed E-state index contributed by atoms with van der Waals surface area (Å²) in [5, 5.41) is 8.86. The molecule has 0 aliphatic heterocycles. The minimum Gasteiger partial charge on any atom is -0.331 e. The number of aryl methyl sites for hydroxylation is 1. The van der Waals surface area contributed by atoms with Gasteiger partial charge in [-0.3, -0.25) is 4.79 Å². The predicted molar refractivity (Wildman–Crippen MR) is 100.0 cm³/mol. The molecule has 116 valence electrons. The Kier molecular flexibility index (Phi) is 5.94. The highest BCUT2D eigenvalue weighted by molar-refractivity contribution is 14.1. The lowest BCUT2D eigenvalue weighted by molar-refractivity contribution is 0.0761. The average molecular weight is 416 g/mol. The molecule has 0 atom stereocenters.